The molecule has 0 aliphatic carbocycles. The molecule has 0 atom stereocenters. The molecular weight excluding hydrogens is 248 g/mol. The van der Waals surface area contributed by atoms with Crippen LogP contribution in [0.5, 0.6) is 0 Å². The average Bonchev–Trinajstić information content (AvgIpc) is 2.38. The Morgan fingerprint density at radius 3 is 2.65 bits per heavy atom. The van der Waals surface area contributed by atoms with Crippen LogP contribution in [0.2, 0.25) is 0 Å². The maximum Gasteiger partial charge on any atom is 0.134 e. The van der Waals surface area contributed by atoms with E-state index in [4.69, 9.17) is 0 Å². The number of nitrogens with zero attached hydrogens (tertiary/aromatic N) is 3. The molecule has 1 aromatic carbocycles. The van der Waals surface area contributed by atoms with Crippen molar-refractivity contribution in [2.45, 2.75) is 27.3 Å². The summed E-state index contributed by atoms with van der Waals surface area (Å²) < 4.78 is 0. The van der Waals surface area contributed by atoms with Gasteiger partial charge in [-0.3, -0.25) is 0 Å². The lowest BCUT2D eigenvalue weighted by atomic mass is 10.1. The van der Waals surface area contributed by atoms with Crippen molar-refractivity contribution in [3.05, 3.63) is 47.3 Å². The van der Waals surface area contributed by atoms with Crippen molar-refractivity contribution in [2.24, 2.45) is 0 Å². The predicted molar refractivity (Wildman–Crippen MR) is 84.2 cm³/mol. The second-order valence-corrected chi connectivity index (χ2v) is 5.03. The van der Waals surface area contributed by atoms with Gasteiger partial charge >= 0.3 is 0 Å². The number of nitrogens with one attached hydrogen (secondary N) is 1. The van der Waals surface area contributed by atoms with Gasteiger partial charge in [-0.25, -0.2) is 9.97 Å². The molecule has 0 spiro atoms. The highest BCUT2D eigenvalue weighted by Crippen LogP contribution is 2.17. The van der Waals surface area contributed by atoms with E-state index in [9.17, 15) is 0 Å². The lowest BCUT2D eigenvalue weighted by Gasteiger charge is -2.19. The van der Waals surface area contributed by atoms with Crippen LogP contribution >= 0.6 is 0 Å². The highest BCUT2D eigenvalue weighted by Gasteiger charge is 2.07. The van der Waals surface area contributed by atoms with Crippen LogP contribution in [0.1, 0.15) is 23.9 Å². The van der Waals surface area contributed by atoms with E-state index in [-0.39, 0.29) is 0 Å². The molecule has 4 heteroatoms. The Hall–Kier alpha value is -2.10. The molecule has 1 N–H and O–H groups in total. The molecule has 0 saturated carbocycles. The van der Waals surface area contributed by atoms with Gasteiger partial charge in [-0.1, -0.05) is 29.8 Å². The second-order valence-electron chi connectivity index (χ2n) is 5.03. The SMILES string of the molecule is CCNc1cc(N(C)Cc2cccc(C)c2)nc(C)n1. The van der Waals surface area contributed by atoms with E-state index in [1.54, 1.807) is 0 Å². The molecule has 2 aromatic rings. The summed E-state index contributed by atoms with van der Waals surface area (Å²) in [5, 5.41) is 3.24. The van der Waals surface area contributed by atoms with Crippen LogP contribution < -0.4 is 10.2 Å². The molecule has 0 saturated heterocycles. The Labute approximate surface area is 120 Å². The fourth-order valence-electron chi connectivity index (χ4n) is 2.18. The van der Waals surface area contributed by atoms with E-state index in [0.29, 0.717) is 0 Å². The van der Waals surface area contributed by atoms with Crippen molar-refractivity contribution in [1.29, 1.82) is 0 Å². The topological polar surface area (TPSA) is 41.0 Å². The third-order valence-electron chi connectivity index (χ3n) is 3.08. The van der Waals surface area contributed by atoms with Crippen LogP contribution in [0, 0.1) is 13.8 Å². The summed E-state index contributed by atoms with van der Waals surface area (Å²) in [5.74, 6) is 2.61. The van der Waals surface area contributed by atoms with E-state index in [2.05, 4.69) is 65.3 Å². The average molecular weight is 270 g/mol. The van der Waals surface area contributed by atoms with E-state index < -0.39 is 0 Å². The molecule has 0 unspecified atom stereocenters. The Kier molecular flexibility index (Phi) is 4.56. The predicted octanol–water partition coefficient (Wildman–Crippen LogP) is 3.16. The van der Waals surface area contributed by atoms with Gasteiger partial charge in [0.1, 0.15) is 17.5 Å². The van der Waals surface area contributed by atoms with Gasteiger partial charge in [0.25, 0.3) is 0 Å². The summed E-state index contributed by atoms with van der Waals surface area (Å²) in [7, 11) is 2.06. The smallest absolute Gasteiger partial charge is 0.134 e. The summed E-state index contributed by atoms with van der Waals surface area (Å²) in [4.78, 5) is 11.0. The third kappa shape index (κ3) is 3.70. The molecular formula is C16H22N4. The number of benzene rings is 1. The summed E-state index contributed by atoms with van der Waals surface area (Å²) in [5.41, 5.74) is 2.57. The van der Waals surface area contributed by atoms with Crippen molar-refractivity contribution in [1.82, 2.24) is 9.97 Å². The second kappa shape index (κ2) is 6.37. The zero-order valence-electron chi connectivity index (χ0n) is 12.6. The fraction of sp³-hybridized carbons (Fsp3) is 0.375. The Bertz CT molecular complexity index is 580. The third-order valence-corrected chi connectivity index (χ3v) is 3.08. The molecule has 20 heavy (non-hydrogen) atoms. The molecule has 0 aliphatic rings. The van der Waals surface area contributed by atoms with Gasteiger partial charge in [-0.2, -0.15) is 0 Å². The monoisotopic (exact) mass is 270 g/mol. The maximum absolute atomic E-state index is 4.51. The normalized spacial score (nSPS) is 10.4. The van der Waals surface area contributed by atoms with Gasteiger partial charge in [-0.15, -0.1) is 0 Å². The Morgan fingerprint density at radius 2 is 1.95 bits per heavy atom. The number of aromatic nitrogens is 2. The van der Waals surface area contributed by atoms with Gasteiger partial charge in [-0.05, 0) is 26.3 Å². The van der Waals surface area contributed by atoms with E-state index >= 15 is 0 Å². The molecule has 0 fully saturated rings. The van der Waals surface area contributed by atoms with Crippen LogP contribution in [0.4, 0.5) is 11.6 Å². The summed E-state index contributed by atoms with van der Waals surface area (Å²) in [6, 6.07) is 10.5. The first-order chi connectivity index (χ1) is 9.58. The fourth-order valence-corrected chi connectivity index (χ4v) is 2.18. The first kappa shape index (κ1) is 14.3. The molecule has 1 heterocycles. The van der Waals surface area contributed by atoms with Crippen LogP contribution in [0.15, 0.2) is 30.3 Å². The van der Waals surface area contributed by atoms with Crippen LogP contribution in [-0.2, 0) is 6.54 Å². The van der Waals surface area contributed by atoms with Crippen molar-refractivity contribution >= 4 is 11.6 Å². The molecule has 0 radical (unpaired) electrons. The number of anilines is 2. The maximum atomic E-state index is 4.51. The van der Waals surface area contributed by atoms with Gasteiger partial charge in [0.05, 0.1) is 0 Å². The number of hydrogen-bond acceptors (Lipinski definition) is 4. The highest BCUT2D eigenvalue weighted by atomic mass is 15.2. The van der Waals surface area contributed by atoms with Crippen LogP contribution in [0.25, 0.3) is 0 Å². The minimum atomic E-state index is 0.787. The Morgan fingerprint density at radius 1 is 1.15 bits per heavy atom. The van der Waals surface area contributed by atoms with Gasteiger partial charge < -0.3 is 10.2 Å². The van der Waals surface area contributed by atoms with Crippen LogP contribution in [-0.4, -0.2) is 23.6 Å². The molecule has 106 valence electrons. The van der Waals surface area contributed by atoms with Crippen LogP contribution in [0.3, 0.4) is 0 Å². The lowest BCUT2D eigenvalue weighted by Crippen LogP contribution is -2.19. The zero-order valence-corrected chi connectivity index (χ0v) is 12.6. The van der Waals surface area contributed by atoms with Gasteiger partial charge in [0, 0.05) is 26.2 Å². The lowest BCUT2D eigenvalue weighted by molar-refractivity contribution is 0.878. The van der Waals surface area contributed by atoms with Crippen molar-refractivity contribution < 1.29 is 0 Å². The Balaban J connectivity index is 2.18. The largest absolute Gasteiger partial charge is 0.370 e. The molecule has 1 aromatic heterocycles. The van der Waals surface area contributed by atoms with Gasteiger partial charge in [0.2, 0.25) is 0 Å². The summed E-state index contributed by atoms with van der Waals surface area (Å²) in [6.45, 7) is 7.79. The van der Waals surface area contributed by atoms with Gasteiger partial charge in [0.15, 0.2) is 0 Å². The first-order valence-corrected chi connectivity index (χ1v) is 6.94. The molecule has 0 aliphatic heterocycles. The molecule has 0 bridgehead atoms. The number of aryl methyl sites for hydroxylation is 2. The van der Waals surface area contributed by atoms with Crippen molar-refractivity contribution in [3.63, 3.8) is 0 Å². The van der Waals surface area contributed by atoms with Crippen molar-refractivity contribution in [2.75, 3.05) is 23.8 Å². The molecule has 4 nitrogen and oxygen atoms in total. The first-order valence-electron chi connectivity index (χ1n) is 6.94. The quantitative estimate of drug-likeness (QED) is 0.906. The van der Waals surface area contributed by atoms with E-state index in [1.807, 2.05) is 13.0 Å². The highest BCUT2D eigenvalue weighted by molar-refractivity contribution is 5.49. The summed E-state index contributed by atoms with van der Waals surface area (Å²) >= 11 is 0. The van der Waals surface area contributed by atoms with Crippen molar-refractivity contribution in [3.8, 4) is 0 Å². The molecule has 2 rings (SSSR count). The number of rotatable bonds is 5. The minimum absolute atomic E-state index is 0.787. The minimum Gasteiger partial charge on any atom is -0.370 e. The van der Waals surface area contributed by atoms with E-state index in [1.165, 1.54) is 11.1 Å². The molecule has 0 amide bonds. The number of hydrogen-bond donors (Lipinski definition) is 1. The standard InChI is InChI=1S/C16H22N4/c1-5-17-15-10-16(19-13(3)18-15)20(4)11-14-8-6-7-12(2)9-14/h6-10H,5,11H2,1-4H3,(H,17,18,19). The van der Waals surface area contributed by atoms with E-state index in [0.717, 1.165) is 30.5 Å². The summed E-state index contributed by atoms with van der Waals surface area (Å²) in [6.07, 6.45) is 0. The zero-order chi connectivity index (χ0) is 14.5.